The quantitative estimate of drug-likeness (QED) is 0.590. The molecule has 10 heavy (non-hydrogen) atoms. The molecule has 0 radical (unpaired) electrons. The lowest BCUT2D eigenvalue weighted by atomic mass is 10.1. The van der Waals surface area contributed by atoms with Crippen molar-refractivity contribution in [2.45, 2.75) is 38.9 Å². The van der Waals surface area contributed by atoms with E-state index in [1.165, 1.54) is 0 Å². The average Bonchev–Trinajstić information content (AvgIpc) is 1.89. The van der Waals surface area contributed by atoms with Crippen LogP contribution >= 0.6 is 0 Å². The average molecular weight is 146 g/mol. The minimum atomic E-state index is -0.274. The Labute approximate surface area is 63.2 Å². The second-order valence-corrected chi connectivity index (χ2v) is 2.28. The third-order valence-corrected chi connectivity index (χ3v) is 1.00. The normalized spacial score (nSPS) is 14.8. The van der Waals surface area contributed by atoms with Crippen molar-refractivity contribution in [3.8, 4) is 0 Å². The van der Waals surface area contributed by atoms with Gasteiger partial charge in [0.15, 0.2) is 0 Å². The molecule has 2 nitrogen and oxygen atoms in total. The highest BCUT2D eigenvalue weighted by molar-refractivity contribution is 4.51. The van der Waals surface area contributed by atoms with E-state index in [9.17, 15) is 0 Å². The fourth-order valence-electron chi connectivity index (χ4n) is 0.482. The summed E-state index contributed by atoms with van der Waals surface area (Å²) < 4.78 is 0. The van der Waals surface area contributed by atoms with Crippen LogP contribution in [0.2, 0.25) is 0 Å². The van der Waals surface area contributed by atoms with Crippen molar-refractivity contribution in [1.29, 1.82) is 0 Å². The molecule has 0 heterocycles. The molecular formula is C8H18O2. The topological polar surface area (TPSA) is 40.5 Å². The van der Waals surface area contributed by atoms with Crippen LogP contribution in [-0.4, -0.2) is 22.4 Å². The predicted octanol–water partition coefficient (Wildman–Crippen LogP) is 1.33. The van der Waals surface area contributed by atoms with E-state index in [4.69, 9.17) is 10.2 Å². The molecule has 2 atom stereocenters. The van der Waals surface area contributed by atoms with Crippen molar-refractivity contribution >= 4 is 0 Å². The van der Waals surface area contributed by atoms with E-state index in [0.29, 0.717) is 12.8 Å². The molecule has 0 rings (SSSR count). The van der Waals surface area contributed by atoms with Crippen LogP contribution in [0.25, 0.3) is 0 Å². The van der Waals surface area contributed by atoms with E-state index in [-0.39, 0.29) is 12.2 Å². The first-order chi connectivity index (χ1) is 4.63. The van der Waals surface area contributed by atoms with E-state index in [0.717, 1.165) is 0 Å². The lowest BCUT2D eigenvalue weighted by Gasteiger charge is -2.04. The van der Waals surface area contributed by atoms with Gasteiger partial charge in [0.1, 0.15) is 0 Å². The summed E-state index contributed by atoms with van der Waals surface area (Å²) in [4.78, 5) is 0. The second kappa shape index (κ2) is 8.66. The highest BCUT2D eigenvalue weighted by atomic mass is 16.3. The first kappa shape index (κ1) is 12.3. The third-order valence-electron chi connectivity index (χ3n) is 1.00. The van der Waals surface area contributed by atoms with Gasteiger partial charge in [-0.05, 0) is 26.7 Å². The van der Waals surface area contributed by atoms with Crippen molar-refractivity contribution in [2.75, 3.05) is 0 Å². The molecule has 0 bridgehead atoms. The molecule has 0 aliphatic rings. The molecule has 0 saturated heterocycles. The Kier molecular flexibility index (Phi) is 10.7. The number of aliphatic hydroxyl groups is 2. The Morgan fingerprint density at radius 3 is 1.30 bits per heavy atom. The molecule has 2 N–H and O–H groups in total. The van der Waals surface area contributed by atoms with Crippen molar-refractivity contribution in [1.82, 2.24) is 0 Å². The molecule has 0 spiro atoms. The highest BCUT2D eigenvalue weighted by Gasteiger charge is 1.98. The molecule has 2 unspecified atom stereocenters. The summed E-state index contributed by atoms with van der Waals surface area (Å²) >= 11 is 0. The molecule has 0 aliphatic heterocycles. The number of hydrogen-bond donors (Lipinski definition) is 2. The maximum Gasteiger partial charge on any atom is 0.0513 e. The summed E-state index contributed by atoms with van der Waals surface area (Å²) in [5.74, 6) is 0. The summed E-state index contributed by atoms with van der Waals surface area (Å²) in [6.45, 7) is 9.45. The number of rotatable bonds is 3. The molecule has 62 valence electrons. The van der Waals surface area contributed by atoms with Gasteiger partial charge < -0.3 is 10.2 Å². The first-order valence-electron chi connectivity index (χ1n) is 3.49. The van der Waals surface area contributed by atoms with Crippen molar-refractivity contribution in [3.05, 3.63) is 13.2 Å². The molecule has 0 aromatic carbocycles. The Morgan fingerprint density at radius 2 is 1.20 bits per heavy atom. The van der Waals surface area contributed by atoms with Gasteiger partial charge in [-0.2, -0.15) is 0 Å². The Bertz CT molecular complexity index is 52.3. The Hall–Kier alpha value is -0.340. The minimum Gasteiger partial charge on any atom is -0.393 e. The lowest BCUT2D eigenvalue weighted by molar-refractivity contribution is 0.133. The maximum atomic E-state index is 8.69. The zero-order chi connectivity index (χ0) is 8.57. The second-order valence-electron chi connectivity index (χ2n) is 2.28. The molecule has 0 fully saturated rings. The van der Waals surface area contributed by atoms with Crippen molar-refractivity contribution in [3.63, 3.8) is 0 Å². The summed E-state index contributed by atoms with van der Waals surface area (Å²) in [5.41, 5.74) is 0. The first-order valence-corrected chi connectivity index (χ1v) is 3.49. The summed E-state index contributed by atoms with van der Waals surface area (Å²) in [7, 11) is 0. The fourth-order valence-corrected chi connectivity index (χ4v) is 0.482. The third kappa shape index (κ3) is 15.6. The standard InChI is InChI=1S/C6H14O2.C2H4/c1-5(7)3-4-6(2)8;1-2/h5-8H,3-4H2,1-2H3;1-2H2. The summed E-state index contributed by atoms with van der Waals surface area (Å²) in [6.07, 6.45) is 0.837. The predicted molar refractivity (Wildman–Crippen MR) is 43.8 cm³/mol. The van der Waals surface area contributed by atoms with E-state index < -0.39 is 0 Å². The van der Waals surface area contributed by atoms with Gasteiger partial charge in [-0.1, -0.05) is 0 Å². The molecule has 2 heteroatoms. The molecule has 0 amide bonds. The number of aliphatic hydroxyl groups excluding tert-OH is 2. The van der Waals surface area contributed by atoms with Gasteiger partial charge in [-0.25, -0.2) is 0 Å². The minimum absolute atomic E-state index is 0.274. The molecule has 0 aromatic rings. The van der Waals surface area contributed by atoms with E-state index in [1.807, 2.05) is 0 Å². The van der Waals surface area contributed by atoms with Crippen molar-refractivity contribution in [2.24, 2.45) is 0 Å². The van der Waals surface area contributed by atoms with Crippen LogP contribution in [-0.2, 0) is 0 Å². The van der Waals surface area contributed by atoms with Crippen LogP contribution in [0, 0.1) is 0 Å². The van der Waals surface area contributed by atoms with Crippen LogP contribution in [0.15, 0.2) is 13.2 Å². The van der Waals surface area contributed by atoms with Crippen LogP contribution < -0.4 is 0 Å². The van der Waals surface area contributed by atoms with Gasteiger partial charge in [-0.3, -0.25) is 0 Å². The maximum absolute atomic E-state index is 8.69. The number of hydrogen-bond acceptors (Lipinski definition) is 2. The smallest absolute Gasteiger partial charge is 0.0513 e. The molecular weight excluding hydrogens is 128 g/mol. The summed E-state index contributed by atoms with van der Waals surface area (Å²) in [6, 6.07) is 0. The zero-order valence-corrected chi connectivity index (χ0v) is 6.88. The van der Waals surface area contributed by atoms with Crippen LogP contribution in [0.3, 0.4) is 0 Å². The largest absolute Gasteiger partial charge is 0.393 e. The zero-order valence-electron chi connectivity index (χ0n) is 6.88. The molecule has 0 aliphatic carbocycles. The van der Waals surface area contributed by atoms with Gasteiger partial charge in [0.2, 0.25) is 0 Å². The lowest BCUT2D eigenvalue weighted by Crippen LogP contribution is -2.06. The van der Waals surface area contributed by atoms with Crippen LogP contribution in [0.5, 0.6) is 0 Å². The van der Waals surface area contributed by atoms with E-state index >= 15 is 0 Å². The van der Waals surface area contributed by atoms with Crippen LogP contribution in [0.1, 0.15) is 26.7 Å². The fraction of sp³-hybridized carbons (Fsp3) is 0.750. The molecule has 0 saturated carbocycles. The van der Waals surface area contributed by atoms with Gasteiger partial charge in [0, 0.05) is 0 Å². The summed E-state index contributed by atoms with van der Waals surface area (Å²) in [5, 5.41) is 17.4. The van der Waals surface area contributed by atoms with E-state index in [1.54, 1.807) is 13.8 Å². The molecule has 0 aromatic heterocycles. The van der Waals surface area contributed by atoms with Gasteiger partial charge in [0.05, 0.1) is 12.2 Å². The monoisotopic (exact) mass is 146 g/mol. The van der Waals surface area contributed by atoms with Gasteiger partial charge in [0.25, 0.3) is 0 Å². The van der Waals surface area contributed by atoms with E-state index in [2.05, 4.69) is 13.2 Å². The Morgan fingerprint density at radius 1 is 1.00 bits per heavy atom. The van der Waals surface area contributed by atoms with Crippen molar-refractivity contribution < 1.29 is 10.2 Å². The SMILES string of the molecule is C=C.CC(O)CCC(C)O. The van der Waals surface area contributed by atoms with Crippen LogP contribution in [0.4, 0.5) is 0 Å². The van der Waals surface area contributed by atoms with Gasteiger partial charge >= 0.3 is 0 Å². The highest BCUT2D eigenvalue weighted by Crippen LogP contribution is 1.98. The Balaban J connectivity index is 0. The van der Waals surface area contributed by atoms with Gasteiger partial charge in [-0.15, -0.1) is 13.2 Å².